The van der Waals surface area contributed by atoms with Gasteiger partial charge in [0.05, 0.1) is 13.2 Å². The third kappa shape index (κ3) is 3.56. The van der Waals surface area contributed by atoms with Crippen molar-refractivity contribution in [3.8, 4) is 0 Å². The van der Waals surface area contributed by atoms with Crippen LogP contribution in [0, 0.1) is 0 Å². The largest absolute Gasteiger partial charge is 0.377 e. The standard InChI is InChI=1S/C11H16N4O3/c1-2-9-13-11(18-15-9)14-10(16)12-6-8-4-3-5-17-7-8/h4H,2-3,5-7H2,1H3,(H2,12,13,14,15,16). The summed E-state index contributed by atoms with van der Waals surface area (Å²) in [6.07, 6.45) is 3.63. The molecule has 1 aliphatic heterocycles. The highest BCUT2D eigenvalue weighted by molar-refractivity contribution is 5.87. The van der Waals surface area contributed by atoms with Gasteiger partial charge in [-0.2, -0.15) is 4.98 Å². The highest BCUT2D eigenvalue weighted by Gasteiger charge is 2.10. The Morgan fingerprint density at radius 3 is 3.11 bits per heavy atom. The van der Waals surface area contributed by atoms with Gasteiger partial charge in [-0.05, 0) is 12.0 Å². The van der Waals surface area contributed by atoms with Gasteiger partial charge in [-0.25, -0.2) is 4.79 Å². The Morgan fingerprint density at radius 2 is 2.44 bits per heavy atom. The molecule has 0 radical (unpaired) electrons. The van der Waals surface area contributed by atoms with Crippen LogP contribution in [0.4, 0.5) is 10.8 Å². The summed E-state index contributed by atoms with van der Waals surface area (Å²) in [5.74, 6) is 0.564. The quantitative estimate of drug-likeness (QED) is 0.783. The van der Waals surface area contributed by atoms with Crippen molar-refractivity contribution >= 4 is 12.0 Å². The fourth-order valence-corrected chi connectivity index (χ4v) is 1.52. The molecule has 1 aromatic rings. The van der Waals surface area contributed by atoms with E-state index in [1.807, 2.05) is 6.92 Å². The highest BCUT2D eigenvalue weighted by Crippen LogP contribution is 2.05. The minimum atomic E-state index is -0.368. The second-order valence-electron chi connectivity index (χ2n) is 3.88. The minimum Gasteiger partial charge on any atom is -0.377 e. The molecule has 98 valence electrons. The fraction of sp³-hybridized carbons (Fsp3) is 0.545. The average Bonchev–Trinajstić information content (AvgIpc) is 2.85. The van der Waals surface area contributed by atoms with E-state index in [0.29, 0.717) is 25.4 Å². The van der Waals surface area contributed by atoms with Crippen LogP contribution in [0.25, 0.3) is 0 Å². The first-order chi connectivity index (χ1) is 8.78. The van der Waals surface area contributed by atoms with Crippen LogP contribution in [0.3, 0.4) is 0 Å². The van der Waals surface area contributed by atoms with Crippen LogP contribution in [0.2, 0.25) is 0 Å². The van der Waals surface area contributed by atoms with Gasteiger partial charge >= 0.3 is 12.0 Å². The number of urea groups is 1. The molecule has 0 aliphatic carbocycles. The van der Waals surface area contributed by atoms with Crippen molar-refractivity contribution < 1.29 is 14.1 Å². The molecule has 2 N–H and O–H groups in total. The summed E-state index contributed by atoms with van der Waals surface area (Å²) < 4.78 is 10.1. The summed E-state index contributed by atoms with van der Waals surface area (Å²) in [6, 6.07) is -0.258. The molecule has 0 aromatic carbocycles. The van der Waals surface area contributed by atoms with Crippen molar-refractivity contribution in [3.05, 3.63) is 17.5 Å². The maximum Gasteiger partial charge on any atom is 0.329 e. The van der Waals surface area contributed by atoms with Crippen molar-refractivity contribution in [3.63, 3.8) is 0 Å². The van der Waals surface area contributed by atoms with Gasteiger partial charge in [0.15, 0.2) is 5.82 Å². The molecular weight excluding hydrogens is 236 g/mol. The summed E-state index contributed by atoms with van der Waals surface area (Å²) >= 11 is 0. The van der Waals surface area contributed by atoms with Crippen molar-refractivity contribution in [1.29, 1.82) is 0 Å². The number of nitrogens with zero attached hydrogens (tertiary/aromatic N) is 2. The number of carbonyl (C=O) groups excluding carboxylic acids is 1. The van der Waals surface area contributed by atoms with Crippen LogP contribution in [-0.2, 0) is 11.2 Å². The molecule has 0 saturated carbocycles. The summed E-state index contributed by atoms with van der Waals surface area (Å²) in [6.45, 7) is 3.68. The smallest absolute Gasteiger partial charge is 0.329 e. The zero-order valence-electron chi connectivity index (χ0n) is 10.2. The molecule has 18 heavy (non-hydrogen) atoms. The molecule has 1 aromatic heterocycles. The number of aryl methyl sites for hydroxylation is 1. The van der Waals surface area contributed by atoms with Gasteiger partial charge in [0.2, 0.25) is 0 Å². The Balaban J connectivity index is 1.76. The first-order valence-corrected chi connectivity index (χ1v) is 5.91. The van der Waals surface area contributed by atoms with Crippen LogP contribution < -0.4 is 10.6 Å². The Bertz CT molecular complexity index is 441. The topological polar surface area (TPSA) is 89.3 Å². The molecule has 2 amide bonds. The minimum absolute atomic E-state index is 0.109. The summed E-state index contributed by atoms with van der Waals surface area (Å²) in [4.78, 5) is 15.5. The molecule has 2 heterocycles. The number of ether oxygens (including phenoxy) is 1. The van der Waals surface area contributed by atoms with Gasteiger partial charge in [0.1, 0.15) is 0 Å². The molecular formula is C11H16N4O3. The molecule has 0 fully saturated rings. The predicted octanol–water partition coefficient (Wildman–Crippen LogP) is 1.10. The second kappa shape index (κ2) is 6.15. The van der Waals surface area contributed by atoms with Gasteiger partial charge in [-0.15, -0.1) is 0 Å². The molecule has 7 nitrogen and oxygen atoms in total. The number of amides is 2. The lowest BCUT2D eigenvalue weighted by molar-refractivity contribution is 0.149. The van der Waals surface area contributed by atoms with Gasteiger partial charge in [0.25, 0.3) is 0 Å². The molecule has 2 rings (SSSR count). The van der Waals surface area contributed by atoms with Crippen LogP contribution in [0.5, 0.6) is 0 Å². The molecule has 7 heteroatoms. The van der Waals surface area contributed by atoms with Crippen LogP contribution in [0.1, 0.15) is 19.2 Å². The molecule has 0 bridgehead atoms. The van der Waals surface area contributed by atoms with E-state index < -0.39 is 0 Å². The van der Waals surface area contributed by atoms with Gasteiger partial charge in [0, 0.05) is 13.0 Å². The second-order valence-corrected chi connectivity index (χ2v) is 3.88. The van der Waals surface area contributed by atoms with Gasteiger partial charge < -0.3 is 14.6 Å². The maximum atomic E-state index is 11.5. The Hall–Kier alpha value is -1.89. The molecule has 1 aliphatic rings. The lowest BCUT2D eigenvalue weighted by Gasteiger charge is -2.13. The van der Waals surface area contributed by atoms with Crippen molar-refractivity contribution in [2.75, 3.05) is 25.1 Å². The first kappa shape index (κ1) is 12.6. The van der Waals surface area contributed by atoms with Crippen LogP contribution in [-0.4, -0.2) is 35.9 Å². The van der Waals surface area contributed by atoms with Crippen molar-refractivity contribution in [2.24, 2.45) is 0 Å². The average molecular weight is 252 g/mol. The summed E-state index contributed by atoms with van der Waals surface area (Å²) in [5.41, 5.74) is 1.07. The normalized spacial score (nSPS) is 15.1. The van der Waals surface area contributed by atoms with E-state index in [2.05, 4.69) is 26.9 Å². The maximum absolute atomic E-state index is 11.5. The number of aromatic nitrogens is 2. The van der Waals surface area contributed by atoms with E-state index in [1.165, 1.54) is 0 Å². The van der Waals surface area contributed by atoms with Gasteiger partial charge in [-0.1, -0.05) is 18.2 Å². The third-order valence-electron chi connectivity index (χ3n) is 2.46. The fourth-order valence-electron chi connectivity index (χ4n) is 1.52. The van der Waals surface area contributed by atoms with Crippen LogP contribution in [0.15, 0.2) is 16.2 Å². The van der Waals surface area contributed by atoms with Crippen LogP contribution >= 0.6 is 0 Å². The lowest BCUT2D eigenvalue weighted by atomic mass is 10.2. The van der Waals surface area contributed by atoms with E-state index in [-0.39, 0.29) is 12.0 Å². The van der Waals surface area contributed by atoms with E-state index >= 15 is 0 Å². The molecule has 0 spiro atoms. The number of anilines is 1. The molecule has 0 unspecified atom stereocenters. The summed E-state index contributed by atoms with van der Waals surface area (Å²) in [7, 11) is 0. The van der Waals surface area contributed by atoms with Crippen molar-refractivity contribution in [1.82, 2.24) is 15.5 Å². The number of hydrogen-bond donors (Lipinski definition) is 2. The third-order valence-corrected chi connectivity index (χ3v) is 2.46. The van der Waals surface area contributed by atoms with E-state index in [0.717, 1.165) is 18.6 Å². The lowest BCUT2D eigenvalue weighted by Crippen LogP contribution is -2.31. The SMILES string of the molecule is CCc1noc(NC(=O)NCC2=CCCOC2)n1. The molecule has 0 saturated heterocycles. The zero-order chi connectivity index (χ0) is 12.8. The number of hydrogen-bond acceptors (Lipinski definition) is 5. The number of rotatable bonds is 4. The Labute approximate surface area is 105 Å². The van der Waals surface area contributed by atoms with E-state index in [1.54, 1.807) is 0 Å². The summed E-state index contributed by atoms with van der Waals surface area (Å²) in [5, 5.41) is 8.86. The first-order valence-electron chi connectivity index (χ1n) is 5.91. The zero-order valence-corrected chi connectivity index (χ0v) is 10.2. The number of carbonyl (C=O) groups is 1. The molecule has 0 atom stereocenters. The van der Waals surface area contributed by atoms with Gasteiger partial charge in [-0.3, -0.25) is 5.32 Å². The number of nitrogens with one attached hydrogen (secondary N) is 2. The Morgan fingerprint density at radius 1 is 1.56 bits per heavy atom. The van der Waals surface area contributed by atoms with E-state index in [9.17, 15) is 4.79 Å². The highest BCUT2D eigenvalue weighted by atomic mass is 16.5. The van der Waals surface area contributed by atoms with E-state index in [4.69, 9.17) is 9.26 Å². The monoisotopic (exact) mass is 252 g/mol. The predicted molar refractivity (Wildman–Crippen MR) is 64.2 cm³/mol. The van der Waals surface area contributed by atoms with Crippen molar-refractivity contribution in [2.45, 2.75) is 19.8 Å². The Kier molecular flexibility index (Phi) is 4.30.